The van der Waals surface area contributed by atoms with Crippen LogP contribution in [0.1, 0.15) is 49.8 Å². The number of nitrogens with one attached hydrogen (secondary N) is 4. The van der Waals surface area contributed by atoms with Crippen molar-refractivity contribution in [3.05, 3.63) is 60.7 Å². The Morgan fingerprint density at radius 3 is 2.96 bits per heavy atom. The number of rotatable bonds is 11. The van der Waals surface area contributed by atoms with Gasteiger partial charge in [0.25, 0.3) is 0 Å². The first kappa shape index (κ1) is 17.5. The van der Waals surface area contributed by atoms with Gasteiger partial charge in [-0.15, -0.1) is 0 Å². The van der Waals surface area contributed by atoms with E-state index < -0.39 is 0 Å². The lowest BCUT2D eigenvalue weighted by atomic mass is 10.1. The highest BCUT2D eigenvalue weighted by Crippen LogP contribution is 2.40. The van der Waals surface area contributed by atoms with Crippen LogP contribution in [0.4, 0.5) is 0 Å². The monoisotopic (exact) mass is 338 g/mol. The molecule has 0 amide bonds. The molecule has 0 radical (unpaired) electrons. The molecular formula is C21H30N4. The highest BCUT2D eigenvalue weighted by atomic mass is 15.1. The third-order valence-electron chi connectivity index (χ3n) is 4.76. The van der Waals surface area contributed by atoms with E-state index in [1.165, 1.54) is 35.0 Å². The summed E-state index contributed by atoms with van der Waals surface area (Å²) in [6.45, 7) is 11.6. The highest BCUT2D eigenvalue weighted by Gasteiger charge is 2.23. The molecule has 3 rings (SSSR count). The Kier molecular flexibility index (Phi) is 5.69. The molecule has 134 valence electrons. The van der Waals surface area contributed by atoms with E-state index >= 15 is 0 Å². The van der Waals surface area contributed by atoms with E-state index in [1.54, 1.807) is 6.20 Å². The molecule has 4 nitrogen and oxygen atoms in total. The fourth-order valence-electron chi connectivity index (χ4n) is 3.21. The number of fused-ring (bicyclic) bond motifs is 1. The molecule has 4 N–H and O–H groups in total. The van der Waals surface area contributed by atoms with Crippen molar-refractivity contribution in [2.24, 2.45) is 0 Å². The van der Waals surface area contributed by atoms with Crippen LogP contribution in [0.25, 0.3) is 10.9 Å². The fraction of sp³-hybridized carbons (Fsp3) is 0.429. The van der Waals surface area contributed by atoms with Crippen LogP contribution in [0.5, 0.6) is 0 Å². The Hall–Kier alpha value is -2.36. The first-order valence-electron chi connectivity index (χ1n) is 9.31. The van der Waals surface area contributed by atoms with E-state index in [-0.39, 0.29) is 0 Å². The molecule has 1 heterocycles. The molecule has 4 heteroatoms. The van der Waals surface area contributed by atoms with Crippen molar-refractivity contribution in [1.29, 1.82) is 0 Å². The fourth-order valence-corrected chi connectivity index (χ4v) is 3.21. The second-order valence-corrected chi connectivity index (χ2v) is 7.09. The molecule has 25 heavy (non-hydrogen) atoms. The summed E-state index contributed by atoms with van der Waals surface area (Å²) in [6, 6.07) is 9.44. The summed E-state index contributed by atoms with van der Waals surface area (Å²) in [5.41, 5.74) is 3.88. The zero-order chi connectivity index (χ0) is 17.6. The van der Waals surface area contributed by atoms with Crippen molar-refractivity contribution in [2.75, 3.05) is 6.54 Å². The molecule has 1 aromatic carbocycles. The summed E-state index contributed by atoms with van der Waals surface area (Å²) in [5.74, 6) is 1.68. The lowest BCUT2D eigenvalue weighted by Crippen LogP contribution is -2.32. The smallest absolute Gasteiger partial charge is 0.0917 e. The molecule has 0 bridgehead atoms. The Bertz CT molecular complexity index is 727. The molecule has 1 aliphatic carbocycles. The van der Waals surface area contributed by atoms with Crippen molar-refractivity contribution in [3.63, 3.8) is 0 Å². The van der Waals surface area contributed by atoms with Crippen molar-refractivity contribution in [1.82, 2.24) is 20.9 Å². The normalized spacial score (nSPS) is 14.9. The van der Waals surface area contributed by atoms with E-state index in [9.17, 15) is 0 Å². The second kappa shape index (κ2) is 8.15. The molecule has 1 saturated carbocycles. The van der Waals surface area contributed by atoms with Gasteiger partial charge >= 0.3 is 0 Å². The molecule has 1 fully saturated rings. The van der Waals surface area contributed by atoms with Crippen LogP contribution >= 0.6 is 0 Å². The van der Waals surface area contributed by atoms with E-state index in [1.807, 2.05) is 0 Å². The molecule has 0 aliphatic heterocycles. The number of benzene rings is 1. The SMILES string of the molecule is C=CNCCCC(C)NC(=C)NCc1cc2cc(C3CC3)ccc2[nH]1. The van der Waals surface area contributed by atoms with Crippen molar-refractivity contribution in [3.8, 4) is 0 Å². The molecule has 2 aromatic rings. The molecule has 1 aliphatic rings. The summed E-state index contributed by atoms with van der Waals surface area (Å²) in [5, 5.41) is 11.2. The maximum Gasteiger partial charge on any atom is 0.0917 e. The van der Waals surface area contributed by atoms with Crippen LogP contribution in [0, 0.1) is 0 Å². The molecule has 0 spiro atoms. The highest BCUT2D eigenvalue weighted by molar-refractivity contribution is 5.81. The second-order valence-electron chi connectivity index (χ2n) is 7.09. The van der Waals surface area contributed by atoms with Crippen LogP contribution in [-0.4, -0.2) is 17.6 Å². The summed E-state index contributed by atoms with van der Waals surface area (Å²) in [7, 11) is 0. The largest absolute Gasteiger partial charge is 0.391 e. The minimum Gasteiger partial charge on any atom is -0.391 e. The third-order valence-corrected chi connectivity index (χ3v) is 4.76. The van der Waals surface area contributed by atoms with E-state index in [4.69, 9.17) is 0 Å². The van der Waals surface area contributed by atoms with Crippen LogP contribution < -0.4 is 16.0 Å². The van der Waals surface area contributed by atoms with Gasteiger partial charge in [0, 0.05) is 23.8 Å². The van der Waals surface area contributed by atoms with E-state index in [0.29, 0.717) is 6.04 Å². The van der Waals surface area contributed by atoms with Gasteiger partial charge in [0.05, 0.1) is 12.4 Å². The number of aromatic nitrogens is 1. The van der Waals surface area contributed by atoms with Gasteiger partial charge in [0.15, 0.2) is 0 Å². The van der Waals surface area contributed by atoms with Gasteiger partial charge in [-0.05, 0) is 73.9 Å². The van der Waals surface area contributed by atoms with Gasteiger partial charge in [-0.1, -0.05) is 19.2 Å². The van der Waals surface area contributed by atoms with Crippen LogP contribution in [0.15, 0.2) is 49.4 Å². The zero-order valence-electron chi connectivity index (χ0n) is 15.2. The van der Waals surface area contributed by atoms with Gasteiger partial charge in [-0.3, -0.25) is 0 Å². The van der Waals surface area contributed by atoms with Gasteiger partial charge in [-0.25, -0.2) is 0 Å². The first-order valence-corrected chi connectivity index (χ1v) is 9.31. The topological polar surface area (TPSA) is 51.9 Å². The summed E-state index contributed by atoms with van der Waals surface area (Å²) in [4.78, 5) is 3.49. The standard InChI is InChI=1S/C21H30N4/c1-4-22-11-5-6-15(2)24-16(3)23-14-20-13-19-12-18(17-7-8-17)9-10-21(19)25-20/h4,9-10,12-13,15,17,22-25H,1,3,5-8,11,14H2,2H3. The van der Waals surface area contributed by atoms with E-state index in [2.05, 4.69) is 65.3 Å². The average molecular weight is 338 g/mol. The summed E-state index contributed by atoms with van der Waals surface area (Å²) < 4.78 is 0. The van der Waals surface area contributed by atoms with Gasteiger partial charge in [0.1, 0.15) is 0 Å². The zero-order valence-corrected chi connectivity index (χ0v) is 15.2. The lowest BCUT2D eigenvalue weighted by molar-refractivity contribution is 0.516. The van der Waals surface area contributed by atoms with Crippen LogP contribution in [0.2, 0.25) is 0 Å². The maximum atomic E-state index is 4.09. The minimum atomic E-state index is 0.399. The van der Waals surface area contributed by atoms with Gasteiger partial charge < -0.3 is 20.9 Å². The van der Waals surface area contributed by atoms with Crippen molar-refractivity contribution >= 4 is 10.9 Å². The number of aromatic amines is 1. The quantitative estimate of drug-likeness (QED) is 0.467. The van der Waals surface area contributed by atoms with Crippen molar-refractivity contribution < 1.29 is 0 Å². The third kappa shape index (κ3) is 5.05. The molecule has 1 atom stereocenters. The lowest BCUT2D eigenvalue weighted by Gasteiger charge is -2.18. The Morgan fingerprint density at radius 1 is 1.36 bits per heavy atom. The minimum absolute atomic E-state index is 0.399. The van der Waals surface area contributed by atoms with Crippen LogP contribution in [-0.2, 0) is 6.54 Å². The Labute approximate surface area is 150 Å². The number of H-pyrrole nitrogens is 1. The van der Waals surface area contributed by atoms with Crippen molar-refractivity contribution in [2.45, 2.75) is 51.1 Å². The molecular weight excluding hydrogens is 308 g/mol. The average Bonchev–Trinajstić information content (AvgIpc) is 3.36. The summed E-state index contributed by atoms with van der Waals surface area (Å²) >= 11 is 0. The Morgan fingerprint density at radius 2 is 2.20 bits per heavy atom. The predicted molar refractivity (Wildman–Crippen MR) is 106 cm³/mol. The number of hydrogen-bond donors (Lipinski definition) is 4. The maximum absolute atomic E-state index is 4.09. The molecule has 1 aromatic heterocycles. The van der Waals surface area contributed by atoms with E-state index in [0.717, 1.165) is 37.7 Å². The summed E-state index contributed by atoms with van der Waals surface area (Å²) in [6.07, 6.45) is 6.64. The van der Waals surface area contributed by atoms with Gasteiger partial charge in [0.2, 0.25) is 0 Å². The first-order chi connectivity index (χ1) is 12.2. The van der Waals surface area contributed by atoms with Crippen LogP contribution in [0.3, 0.4) is 0 Å². The molecule has 0 saturated heterocycles. The molecule has 1 unspecified atom stereocenters. The number of hydrogen-bond acceptors (Lipinski definition) is 3. The predicted octanol–water partition coefficient (Wildman–Crippen LogP) is 4.10. The Balaban J connectivity index is 1.45. The van der Waals surface area contributed by atoms with Gasteiger partial charge in [-0.2, -0.15) is 0 Å².